The molecule has 0 spiro atoms. The lowest BCUT2D eigenvalue weighted by Crippen LogP contribution is -2.46. The van der Waals surface area contributed by atoms with Gasteiger partial charge >= 0.3 is 0 Å². The minimum absolute atomic E-state index is 0. The molecule has 1 aromatic rings. The van der Waals surface area contributed by atoms with E-state index < -0.39 is 0 Å². The number of hydrogen-bond donors (Lipinski definition) is 3. The number of nitrogens with one attached hydrogen (secondary N) is 3. The first-order chi connectivity index (χ1) is 11.4. The fourth-order valence-corrected chi connectivity index (χ4v) is 1.79. The first kappa shape index (κ1) is 23.4. The molecule has 0 radical (unpaired) electrons. The number of benzene rings is 1. The van der Waals surface area contributed by atoms with Gasteiger partial charge < -0.3 is 25.4 Å². The summed E-state index contributed by atoms with van der Waals surface area (Å²) in [7, 11) is 4.97. The summed E-state index contributed by atoms with van der Waals surface area (Å²) < 4.78 is 10.4. The van der Waals surface area contributed by atoms with Gasteiger partial charge in [-0.2, -0.15) is 0 Å². The Hall–Kier alpha value is -1.55. The van der Waals surface area contributed by atoms with Crippen LogP contribution in [0.2, 0.25) is 0 Å². The van der Waals surface area contributed by atoms with Gasteiger partial charge in [0.1, 0.15) is 5.75 Å². The summed E-state index contributed by atoms with van der Waals surface area (Å²) in [6.07, 6.45) is 0. The highest BCUT2D eigenvalue weighted by Gasteiger charge is 2.16. The third-order valence-corrected chi connectivity index (χ3v) is 3.51. The normalized spacial score (nSPS) is 11.3. The molecule has 0 fully saturated rings. The molecule has 7 nitrogen and oxygen atoms in total. The minimum atomic E-state index is -0.278. The van der Waals surface area contributed by atoms with Crippen molar-refractivity contribution in [1.82, 2.24) is 16.0 Å². The van der Waals surface area contributed by atoms with Crippen LogP contribution in [0.3, 0.4) is 0 Å². The molecule has 0 saturated carbocycles. The van der Waals surface area contributed by atoms with Crippen molar-refractivity contribution in [1.29, 1.82) is 0 Å². The molecule has 0 aliphatic carbocycles. The second kappa shape index (κ2) is 11.9. The van der Waals surface area contributed by atoms with Gasteiger partial charge in [-0.3, -0.25) is 9.79 Å². The summed E-state index contributed by atoms with van der Waals surface area (Å²) in [6.45, 7) is 5.65. The van der Waals surface area contributed by atoms with Crippen molar-refractivity contribution < 1.29 is 14.3 Å². The van der Waals surface area contributed by atoms with E-state index in [1.54, 1.807) is 45.5 Å². The SMILES string of the molecule is CN=C(NCCNC(=O)c1ccc(OC)cc1)NCC(C)(C)OC.I. The van der Waals surface area contributed by atoms with Gasteiger partial charge in [-0.15, -0.1) is 24.0 Å². The van der Waals surface area contributed by atoms with E-state index in [1.807, 2.05) is 13.8 Å². The Labute approximate surface area is 167 Å². The monoisotopic (exact) mass is 464 g/mol. The van der Waals surface area contributed by atoms with E-state index in [9.17, 15) is 4.79 Å². The van der Waals surface area contributed by atoms with Crippen molar-refractivity contribution >= 4 is 35.8 Å². The summed E-state index contributed by atoms with van der Waals surface area (Å²) in [6, 6.07) is 6.98. The smallest absolute Gasteiger partial charge is 0.251 e. The van der Waals surface area contributed by atoms with Gasteiger partial charge in [-0.1, -0.05) is 0 Å². The Morgan fingerprint density at radius 1 is 1.08 bits per heavy atom. The van der Waals surface area contributed by atoms with E-state index in [4.69, 9.17) is 9.47 Å². The van der Waals surface area contributed by atoms with Gasteiger partial charge in [0.15, 0.2) is 5.96 Å². The number of nitrogens with zero attached hydrogens (tertiary/aromatic N) is 1. The maximum atomic E-state index is 12.0. The highest BCUT2D eigenvalue weighted by molar-refractivity contribution is 14.0. The average molecular weight is 464 g/mol. The van der Waals surface area contributed by atoms with Crippen molar-refractivity contribution in [2.45, 2.75) is 19.4 Å². The van der Waals surface area contributed by atoms with E-state index in [2.05, 4.69) is 20.9 Å². The molecule has 8 heteroatoms. The van der Waals surface area contributed by atoms with Crippen molar-refractivity contribution in [2.24, 2.45) is 4.99 Å². The van der Waals surface area contributed by atoms with Crippen LogP contribution in [-0.2, 0) is 4.74 Å². The third kappa shape index (κ3) is 8.92. The Bertz CT molecular complexity index is 547. The summed E-state index contributed by atoms with van der Waals surface area (Å²) in [4.78, 5) is 16.1. The maximum Gasteiger partial charge on any atom is 0.251 e. The fourth-order valence-electron chi connectivity index (χ4n) is 1.79. The highest BCUT2D eigenvalue weighted by Crippen LogP contribution is 2.10. The Balaban J connectivity index is 0.00000576. The number of halogens is 1. The zero-order valence-electron chi connectivity index (χ0n) is 15.5. The zero-order chi connectivity index (χ0) is 18.0. The molecule has 25 heavy (non-hydrogen) atoms. The van der Waals surface area contributed by atoms with Gasteiger partial charge in [0.25, 0.3) is 5.91 Å². The zero-order valence-corrected chi connectivity index (χ0v) is 17.8. The number of aliphatic imine (C=N–C) groups is 1. The number of hydrogen-bond acceptors (Lipinski definition) is 4. The standard InChI is InChI=1S/C17H28N4O3.HI/c1-17(2,24-5)12-21-16(18-3)20-11-10-19-15(22)13-6-8-14(23-4)9-7-13;/h6-9H,10-12H2,1-5H3,(H,19,22)(H2,18,20,21);1H. The summed E-state index contributed by atoms with van der Waals surface area (Å²) in [5, 5.41) is 9.17. The van der Waals surface area contributed by atoms with Crippen LogP contribution in [0.15, 0.2) is 29.3 Å². The van der Waals surface area contributed by atoms with Gasteiger partial charge in [-0.05, 0) is 38.1 Å². The summed E-state index contributed by atoms with van der Waals surface area (Å²) in [5.41, 5.74) is 0.320. The molecule has 0 aliphatic rings. The fraction of sp³-hybridized carbons (Fsp3) is 0.529. The molecule has 1 amide bonds. The van der Waals surface area contributed by atoms with Crippen molar-refractivity contribution in [3.63, 3.8) is 0 Å². The van der Waals surface area contributed by atoms with E-state index in [-0.39, 0.29) is 35.5 Å². The van der Waals surface area contributed by atoms with Crippen molar-refractivity contribution in [3.8, 4) is 5.75 Å². The van der Waals surface area contributed by atoms with E-state index in [0.717, 1.165) is 5.75 Å². The number of carbonyl (C=O) groups is 1. The number of methoxy groups -OCH3 is 2. The van der Waals surface area contributed by atoms with Crippen LogP contribution in [0.25, 0.3) is 0 Å². The highest BCUT2D eigenvalue weighted by atomic mass is 127. The molecule has 0 aliphatic heterocycles. The molecule has 0 atom stereocenters. The minimum Gasteiger partial charge on any atom is -0.497 e. The first-order valence-electron chi connectivity index (χ1n) is 7.84. The second-order valence-corrected chi connectivity index (χ2v) is 5.80. The van der Waals surface area contributed by atoms with Crippen LogP contribution in [0.4, 0.5) is 0 Å². The topological polar surface area (TPSA) is 84.0 Å². The van der Waals surface area contributed by atoms with Gasteiger partial charge in [0.05, 0.1) is 12.7 Å². The molecule has 0 aromatic heterocycles. The van der Waals surface area contributed by atoms with Crippen LogP contribution in [0.1, 0.15) is 24.2 Å². The molecule has 0 bridgehead atoms. The number of carbonyl (C=O) groups excluding carboxylic acids is 1. The molecular weight excluding hydrogens is 435 g/mol. The molecule has 0 saturated heterocycles. The van der Waals surface area contributed by atoms with E-state index in [1.165, 1.54) is 0 Å². The largest absolute Gasteiger partial charge is 0.497 e. The number of guanidine groups is 1. The first-order valence-corrected chi connectivity index (χ1v) is 7.84. The lowest BCUT2D eigenvalue weighted by molar-refractivity contribution is 0.0268. The molecular formula is C17H29IN4O3. The molecule has 1 aromatic carbocycles. The van der Waals surface area contributed by atoms with Crippen molar-refractivity contribution in [2.75, 3.05) is 40.9 Å². The number of ether oxygens (including phenoxy) is 2. The van der Waals surface area contributed by atoms with Gasteiger partial charge in [-0.25, -0.2) is 0 Å². The van der Waals surface area contributed by atoms with Crippen LogP contribution >= 0.6 is 24.0 Å². The predicted molar refractivity (Wildman–Crippen MR) is 111 cm³/mol. The molecule has 1 rings (SSSR count). The van der Waals surface area contributed by atoms with Crippen molar-refractivity contribution in [3.05, 3.63) is 29.8 Å². The molecule has 142 valence electrons. The van der Waals surface area contributed by atoms with Crippen LogP contribution in [0.5, 0.6) is 5.75 Å². The van der Waals surface area contributed by atoms with E-state index >= 15 is 0 Å². The number of amides is 1. The lowest BCUT2D eigenvalue weighted by atomic mass is 10.1. The number of rotatable bonds is 8. The van der Waals surface area contributed by atoms with Crippen LogP contribution in [0, 0.1) is 0 Å². The van der Waals surface area contributed by atoms with Crippen LogP contribution < -0.4 is 20.7 Å². The Morgan fingerprint density at radius 3 is 2.20 bits per heavy atom. The third-order valence-electron chi connectivity index (χ3n) is 3.51. The predicted octanol–water partition coefficient (Wildman–Crippen LogP) is 1.63. The van der Waals surface area contributed by atoms with E-state index in [0.29, 0.717) is 31.2 Å². The molecule has 0 heterocycles. The lowest BCUT2D eigenvalue weighted by Gasteiger charge is -2.24. The molecule has 3 N–H and O–H groups in total. The Morgan fingerprint density at radius 2 is 1.68 bits per heavy atom. The second-order valence-electron chi connectivity index (χ2n) is 5.80. The molecule has 0 unspecified atom stereocenters. The van der Waals surface area contributed by atoms with Gasteiger partial charge in [0, 0.05) is 39.4 Å². The van der Waals surface area contributed by atoms with Crippen LogP contribution in [-0.4, -0.2) is 58.4 Å². The van der Waals surface area contributed by atoms with Gasteiger partial charge in [0.2, 0.25) is 0 Å². The summed E-state index contributed by atoms with van der Waals surface area (Å²) >= 11 is 0. The maximum absolute atomic E-state index is 12.0. The quantitative estimate of drug-likeness (QED) is 0.236. The summed E-state index contributed by atoms with van der Waals surface area (Å²) in [5.74, 6) is 1.27. The average Bonchev–Trinajstić information content (AvgIpc) is 2.61. The Kier molecular flexibility index (Phi) is 11.2.